The van der Waals surface area contributed by atoms with E-state index in [1.807, 2.05) is 11.8 Å². The van der Waals surface area contributed by atoms with Gasteiger partial charge in [-0.25, -0.2) is 8.42 Å². The van der Waals surface area contributed by atoms with Crippen molar-refractivity contribution < 1.29 is 8.42 Å². The molecule has 2 saturated heterocycles. The molecule has 1 atom stereocenters. The third-order valence-electron chi connectivity index (χ3n) is 2.65. The monoisotopic (exact) mass is 234 g/mol. The van der Waals surface area contributed by atoms with Crippen LogP contribution in [0.5, 0.6) is 0 Å². The first-order valence-electron chi connectivity index (χ1n) is 4.68. The third-order valence-corrected chi connectivity index (χ3v) is 4.91. The number of sulfone groups is 1. The van der Waals surface area contributed by atoms with E-state index >= 15 is 0 Å². The number of hydrogen-bond donors (Lipinski definition) is 1. The minimum Gasteiger partial charge on any atom is -0.356 e. The fourth-order valence-corrected chi connectivity index (χ4v) is 4.22. The molecule has 14 heavy (non-hydrogen) atoms. The largest absolute Gasteiger partial charge is 0.356 e. The molecule has 2 rings (SSSR count). The fourth-order valence-electron chi connectivity index (χ4n) is 1.70. The van der Waals surface area contributed by atoms with Crippen molar-refractivity contribution in [2.45, 2.75) is 18.9 Å². The molecule has 4 nitrogen and oxygen atoms in total. The smallest absolute Gasteiger partial charge is 0.169 e. The van der Waals surface area contributed by atoms with Gasteiger partial charge in [0, 0.05) is 13.1 Å². The summed E-state index contributed by atoms with van der Waals surface area (Å²) in [6, 6.07) is 0. The molecule has 2 aliphatic rings. The van der Waals surface area contributed by atoms with Crippen LogP contribution in [0.4, 0.5) is 0 Å². The zero-order valence-corrected chi connectivity index (χ0v) is 9.75. The molecule has 0 bridgehead atoms. The second kappa shape index (κ2) is 3.06. The molecule has 0 aliphatic carbocycles. The summed E-state index contributed by atoms with van der Waals surface area (Å²) in [4.78, 5) is 2.02. The Hall–Kier alpha value is -0.360. The second-order valence-corrected chi connectivity index (χ2v) is 6.89. The van der Waals surface area contributed by atoms with Crippen molar-refractivity contribution in [2.24, 2.45) is 0 Å². The first-order chi connectivity index (χ1) is 6.40. The maximum Gasteiger partial charge on any atom is 0.169 e. The maximum atomic E-state index is 11.3. The predicted octanol–water partition coefficient (Wildman–Crippen LogP) is -0.246. The SMILES string of the molecule is C[C@@]1(NC(=S)N2CC2)CCS(=O)(=O)C1. The van der Waals surface area contributed by atoms with E-state index in [9.17, 15) is 8.42 Å². The van der Waals surface area contributed by atoms with Gasteiger partial charge in [0.2, 0.25) is 0 Å². The van der Waals surface area contributed by atoms with E-state index in [1.165, 1.54) is 0 Å². The average Bonchev–Trinajstić information content (AvgIpc) is 2.79. The summed E-state index contributed by atoms with van der Waals surface area (Å²) in [6.45, 7) is 3.91. The lowest BCUT2D eigenvalue weighted by Crippen LogP contribution is -2.48. The Morgan fingerprint density at radius 1 is 1.50 bits per heavy atom. The van der Waals surface area contributed by atoms with Crippen LogP contribution < -0.4 is 5.32 Å². The normalized spacial score (nSPS) is 34.2. The summed E-state index contributed by atoms with van der Waals surface area (Å²) in [6.07, 6.45) is 0.656. The van der Waals surface area contributed by atoms with E-state index in [-0.39, 0.29) is 17.0 Å². The summed E-state index contributed by atoms with van der Waals surface area (Å²) in [7, 11) is -2.85. The standard InChI is InChI=1S/C8H14N2O2S2/c1-8(2-5-14(11,12)6-8)9-7(13)10-3-4-10/h2-6H2,1H3,(H,9,13)/t8-/m1/s1. The molecule has 1 N–H and O–H groups in total. The van der Waals surface area contributed by atoms with Gasteiger partial charge in [0.05, 0.1) is 17.0 Å². The molecule has 0 aromatic heterocycles. The first kappa shape index (κ1) is 10.2. The van der Waals surface area contributed by atoms with Crippen LogP contribution in [-0.4, -0.2) is 48.6 Å². The van der Waals surface area contributed by atoms with E-state index in [2.05, 4.69) is 5.32 Å². The Labute approximate surface area is 89.6 Å². The minimum atomic E-state index is -2.85. The quantitative estimate of drug-likeness (QED) is 0.501. The Balaban J connectivity index is 2.00. The van der Waals surface area contributed by atoms with Gasteiger partial charge < -0.3 is 10.2 Å². The molecule has 0 spiro atoms. The van der Waals surface area contributed by atoms with Crippen LogP contribution in [0, 0.1) is 0 Å². The van der Waals surface area contributed by atoms with Gasteiger partial charge in [-0.15, -0.1) is 0 Å². The van der Waals surface area contributed by atoms with E-state index in [1.54, 1.807) is 0 Å². The van der Waals surface area contributed by atoms with Crippen LogP contribution >= 0.6 is 12.2 Å². The van der Waals surface area contributed by atoms with Gasteiger partial charge in [-0.1, -0.05) is 0 Å². The molecule has 0 aromatic rings. The van der Waals surface area contributed by atoms with E-state index in [4.69, 9.17) is 12.2 Å². The zero-order valence-electron chi connectivity index (χ0n) is 8.12. The molecule has 2 aliphatic heterocycles. The Bertz CT molecular complexity index is 362. The van der Waals surface area contributed by atoms with Crippen LogP contribution in [0.25, 0.3) is 0 Å². The summed E-state index contributed by atoms with van der Waals surface area (Å²) < 4.78 is 22.6. The van der Waals surface area contributed by atoms with Crippen molar-refractivity contribution in [3.05, 3.63) is 0 Å². The highest BCUT2D eigenvalue weighted by Crippen LogP contribution is 2.23. The van der Waals surface area contributed by atoms with Crippen LogP contribution in [-0.2, 0) is 9.84 Å². The molecule has 0 radical (unpaired) electrons. The first-order valence-corrected chi connectivity index (χ1v) is 6.91. The van der Waals surface area contributed by atoms with E-state index < -0.39 is 9.84 Å². The van der Waals surface area contributed by atoms with Crippen LogP contribution in [0.2, 0.25) is 0 Å². The topological polar surface area (TPSA) is 49.2 Å². The Morgan fingerprint density at radius 3 is 2.57 bits per heavy atom. The molecule has 0 unspecified atom stereocenters. The van der Waals surface area contributed by atoms with Crippen molar-refractivity contribution >= 4 is 27.2 Å². The lowest BCUT2D eigenvalue weighted by atomic mass is 10.0. The van der Waals surface area contributed by atoms with Crippen molar-refractivity contribution in [2.75, 3.05) is 24.6 Å². The van der Waals surface area contributed by atoms with Gasteiger partial charge in [-0.3, -0.25) is 0 Å². The molecule has 80 valence electrons. The van der Waals surface area contributed by atoms with Gasteiger partial charge in [0.1, 0.15) is 0 Å². The van der Waals surface area contributed by atoms with Crippen LogP contribution in [0.15, 0.2) is 0 Å². The third kappa shape index (κ3) is 2.17. The molecular weight excluding hydrogens is 220 g/mol. The van der Waals surface area contributed by atoms with Gasteiger partial charge in [0.15, 0.2) is 14.9 Å². The number of thiocarbonyl (C=S) groups is 1. The number of hydrogen-bond acceptors (Lipinski definition) is 3. The van der Waals surface area contributed by atoms with Crippen molar-refractivity contribution in [3.63, 3.8) is 0 Å². The second-order valence-electron chi connectivity index (χ2n) is 4.32. The number of nitrogens with zero attached hydrogens (tertiary/aromatic N) is 1. The summed E-state index contributed by atoms with van der Waals surface area (Å²) >= 11 is 5.14. The number of nitrogens with one attached hydrogen (secondary N) is 1. The molecule has 0 amide bonds. The van der Waals surface area contributed by atoms with Crippen LogP contribution in [0.3, 0.4) is 0 Å². The zero-order chi connectivity index (χ0) is 10.4. The van der Waals surface area contributed by atoms with Gasteiger partial charge in [-0.05, 0) is 25.6 Å². The van der Waals surface area contributed by atoms with Gasteiger partial charge >= 0.3 is 0 Å². The number of rotatable bonds is 1. The molecular formula is C8H14N2O2S2. The average molecular weight is 234 g/mol. The van der Waals surface area contributed by atoms with Crippen molar-refractivity contribution in [1.82, 2.24) is 10.2 Å². The highest BCUT2D eigenvalue weighted by atomic mass is 32.2. The lowest BCUT2D eigenvalue weighted by Gasteiger charge is -2.25. The van der Waals surface area contributed by atoms with Crippen molar-refractivity contribution in [3.8, 4) is 0 Å². The van der Waals surface area contributed by atoms with E-state index in [0.29, 0.717) is 11.5 Å². The summed E-state index contributed by atoms with van der Waals surface area (Å²) in [5.41, 5.74) is -0.349. The van der Waals surface area contributed by atoms with Crippen molar-refractivity contribution in [1.29, 1.82) is 0 Å². The Morgan fingerprint density at radius 2 is 2.14 bits per heavy atom. The molecule has 2 heterocycles. The van der Waals surface area contributed by atoms with Gasteiger partial charge in [-0.2, -0.15) is 0 Å². The summed E-state index contributed by atoms with van der Waals surface area (Å²) in [5, 5.41) is 3.85. The molecule has 0 aromatic carbocycles. The minimum absolute atomic E-state index is 0.202. The highest BCUT2D eigenvalue weighted by molar-refractivity contribution is 7.91. The van der Waals surface area contributed by atoms with E-state index in [0.717, 1.165) is 13.1 Å². The lowest BCUT2D eigenvalue weighted by molar-refractivity contribution is 0.461. The maximum absolute atomic E-state index is 11.3. The fraction of sp³-hybridized carbons (Fsp3) is 0.875. The molecule has 2 fully saturated rings. The molecule has 0 saturated carbocycles. The molecule has 6 heteroatoms. The highest BCUT2D eigenvalue weighted by Gasteiger charge is 2.40. The van der Waals surface area contributed by atoms with Gasteiger partial charge in [0.25, 0.3) is 0 Å². The summed E-state index contributed by atoms with van der Waals surface area (Å²) in [5.74, 6) is 0.479. The predicted molar refractivity (Wildman–Crippen MR) is 59.0 cm³/mol. The Kier molecular flexibility index (Phi) is 2.23. The van der Waals surface area contributed by atoms with Crippen LogP contribution in [0.1, 0.15) is 13.3 Å².